The molecule has 0 amide bonds. The summed E-state index contributed by atoms with van der Waals surface area (Å²) >= 11 is -2.17. The van der Waals surface area contributed by atoms with E-state index in [0.29, 0.717) is 10.6 Å². The van der Waals surface area contributed by atoms with E-state index < -0.39 is 11.1 Å². The van der Waals surface area contributed by atoms with Crippen molar-refractivity contribution in [2.45, 2.75) is 18.7 Å². The van der Waals surface area contributed by atoms with E-state index in [1.165, 1.54) is 0 Å². The van der Waals surface area contributed by atoms with E-state index in [0.717, 1.165) is 11.1 Å². The molecule has 14 heavy (non-hydrogen) atoms. The Morgan fingerprint density at radius 3 is 2.29 bits per heavy atom. The van der Waals surface area contributed by atoms with Crippen LogP contribution in [0.3, 0.4) is 0 Å². The van der Waals surface area contributed by atoms with Crippen LogP contribution >= 0.6 is 0 Å². The molecular formula is C9H11NaO3S. The van der Waals surface area contributed by atoms with Crippen LogP contribution in [0, 0.1) is 13.8 Å². The molecule has 0 heterocycles. The maximum absolute atomic E-state index is 10.7. The third-order valence-corrected chi connectivity index (χ3v) is 2.89. The minimum absolute atomic E-state index is 0. The Labute approximate surface area is 108 Å². The first-order valence-corrected chi connectivity index (χ1v) is 4.89. The predicted octanol–water partition coefficient (Wildman–Crippen LogP) is -1.45. The molecule has 1 aromatic carbocycles. The zero-order valence-corrected chi connectivity index (χ0v) is 11.6. The molecule has 1 rings (SSSR count). The van der Waals surface area contributed by atoms with Gasteiger partial charge in [0.2, 0.25) is 0 Å². The Bertz CT molecular complexity index is 352. The molecule has 0 saturated carbocycles. The number of rotatable bonds is 2. The van der Waals surface area contributed by atoms with E-state index >= 15 is 0 Å². The van der Waals surface area contributed by atoms with Crippen LogP contribution in [-0.2, 0) is 11.1 Å². The van der Waals surface area contributed by atoms with Gasteiger partial charge < -0.3 is 9.29 Å². The maximum Gasteiger partial charge on any atom is 1.00 e. The first kappa shape index (κ1) is 14.1. The molecular weight excluding hydrogens is 211 g/mol. The SMILES string of the molecule is COc1ccc(S(=O)[O-])c(C)c1C.[Na+]. The number of benzene rings is 1. The maximum atomic E-state index is 10.7. The molecule has 0 bridgehead atoms. The van der Waals surface area contributed by atoms with E-state index in [9.17, 15) is 8.76 Å². The average molecular weight is 222 g/mol. The van der Waals surface area contributed by atoms with Gasteiger partial charge in [0, 0.05) is 4.90 Å². The largest absolute Gasteiger partial charge is 1.00 e. The quantitative estimate of drug-likeness (QED) is 0.454. The summed E-state index contributed by atoms with van der Waals surface area (Å²) in [7, 11) is 1.57. The molecule has 3 nitrogen and oxygen atoms in total. The van der Waals surface area contributed by atoms with Gasteiger partial charge >= 0.3 is 29.6 Å². The summed E-state index contributed by atoms with van der Waals surface area (Å²) in [5.74, 6) is 0.715. The number of methoxy groups -OCH3 is 1. The molecule has 1 atom stereocenters. The Hall–Kier alpha value is 0.130. The van der Waals surface area contributed by atoms with Crippen LogP contribution in [0.15, 0.2) is 17.0 Å². The van der Waals surface area contributed by atoms with Gasteiger partial charge in [-0.15, -0.1) is 0 Å². The Morgan fingerprint density at radius 1 is 1.29 bits per heavy atom. The molecule has 0 fully saturated rings. The van der Waals surface area contributed by atoms with Crippen molar-refractivity contribution in [3.05, 3.63) is 23.3 Å². The van der Waals surface area contributed by atoms with Gasteiger partial charge in [-0.3, -0.25) is 4.21 Å². The Morgan fingerprint density at radius 2 is 1.86 bits per heavy atom. The van der Waals surface area contributed by atoms with Crippen molar-refractivity contribution < 1.29 is 43.1 Å². The minimum atomic E-state index is -2.17. The van der Waals surface area contributed by atoms with Crippen molar-refractivity contribution in [2.24, 2.45) is 0 Å². The fraction of sp³-hybridized carbons (Fsp3) is 0.333. The third kappa shape index (κ3) is 2.81. The molecule has 1 aromatic rings. The molecule has 0 aliphatic heterocycles. The monoisotopic (exact) mass is 222 g/mol. The van der Waals surface area contributed by atoms with Crippen LogP contribution in [0.5, 0.6) is 5.75 Å². The molecule has 0 N–H and O–H groups in total. The van der Waals surface area contributed by atoms with Gasteiger partial charge in [0.25, 0.3) is 0 Å². The van der Waals surface area contributed by atoms with Crippen LogP contribution in [0.25, 0.3) is 0 Å². The summed E-state index contributed by atoms with van der Waals surface area (Å²) in [6, 6.07) is 3.21. The molecule has 72 valence electrons. The van der Waals surface area contributed by atoms with E-state index in [1.807, 2.05) is 6.92 Å². The van der Waals surface area contributed by atoms with E-state index in [4.69, 9.17) is 4.74 Å². The van der Waals surface area contributed by atoms with Crippen molar-refractivity contribution in [1.29, 1.82) is 0 Å². The Kier molecular flexibility index (Phi) is 5.93. The fourth-order valence-corrected chi connectivity index (χ4v) is 1.75. The molecule has 0 aliphatic rings. The van der Waals surface area contributed by atoms with Crippen molar-refractivity contribution in [2.75, 3.05) is 7.11 Å². The van der Waals surface area contributed by atoms with Crippen molar-refractivity contribution in [3.8, 4) is 5.75 Å². The first-order chi connectivity index (χ1) is 6.07. The molecule has 0 spiro atoms. The molecule has 0 aliphatic carbocycles. The van der Waals surface area contributed by atoms with Gasteiger partial charge in [-0.1, -0.05) is 0 Å². The van der Waals surface area contributed by atoms with Crippen LogP contribution in [0.4, 0.5) is 0 Å². The second-order valence-electron chi connectivity index (χ2n) is 2.75. The normalized spacial score (nSPS) is 11.7. The summed E-state index contributed by atoms with van der Waals surface area (Å²) in [5.41, 5.74) is 1.61. The van der Waals surface area contributed by atoms with Gasteiger partial charge in [0.1, 0.15) is 5.75 Å². The number of hydrogen-bond donors (Lipinski definition) is 0. The number of hydrogen-bond acceptors (Lipinski definition) is 3. The van der Waals surface area contributed by atoms with Gasteiger partial charge in [0.15, 0.2) is 0 Å². The van der Waals surface area contributed by atoms with E-state index in [-0.39, 0.29) is 29.6 Å². The topological polar surface area (TPSA) is 49.4 Å². The summed E-state index contributed by atoms with van der Waals surface area (Å²) < 4.78 is 26.5. The minimum Gasteiger partial charge on any atom is -0.768 e. The molecule has 0 aromatic heterocycles. The van der Waals surface area contributed by atoms with Crippen molar-refractivity contribution in [3.63, 3.8) is 0 Å². The van der Waals surface area contributed by atoms with Gasteiger partial charge in [-0.2, -0.15) is 0 Å². The summed E-state index contributed by atoms with van der Waals surface area (Å²) in [6.45, 7) is 3.60. The summed E-state index contributed by atoms with van der Waals surface area (Å²) in [4.78, 5) is 0.332. The van der Waals surface area contributed by atoms with Crippen molar-refractivity contribution in [1.82, 2.24) is 0 Å². The van der Waals surface area contributed by atoms with Crippen LogP contribution < -0.4 is 34.3 Å². The van der Waals surface area contributed by atoms with E-state index in [1.54, 1.807) is 26.2 Å². The third-order valence-electron chi connectivity index (χ3n) is 2.09. The average Bonchev–Trinajstić information content (AvgIpc) is 2.09. The fourth-order valence-electron chi connectivity index (χ4n) is 1.17. The standard InChI is InChI=1S/C9H12O3S.Na/c1-6-7(2)9(13(10)11)5-4-8(6)12-3;/h4-5H,1-3H3,(H,10,11);/q;+1/p-1. The predicted molar refractivity (Wildman–Crippen MR) is 49.7 cm³/mol. The van der Waals surface area contributed by atoms with Crippen molar-refractivity contribution >= 4 is 11.1 Å². The molecule has 5 heteroatoms. The van der Waals surface area contributed by atoms with E-state index in [2.05, 4.69) is 0 Å². The van der Waals surface area contributed by atoms with Crippen LogP contribution in [0.2, 0.25) is 0 Å². The zero-order valence-electron chi connectivity index (χ0n) is 8.79. The zero-order chi connectivity index (χ0) is 10.0. The van der Waals surface area contributed by atoms with Crippen LogP contribution in [-0.4, -0.2) is 15.9 Å². The second kappa shape index (κ2) is 5.88. The van der Waals surface area contributed by atoms with Crippen LogP contribution in [0.1, 0.15) is 11.1 Å². The van der Waals surface area contributed by atoms with Gasteiger partial charge in [-0.05, 0) is 48.2 Å². The van der Waals surface area contributed by atoms with Gasteiger partial charge in [0.05, 0.1) is 7.11 Å². The van der Waals surface area contributed by atoms with Gasteiger partial charge in [-0.25, -0.2) is 0 Å². The molecule has 1 unspecified atom stereocenters. The first-order valence-electron chi connectivity index (χ1n) is 3.81. The smallest absolute Gasteiger partial charge is 0.768 e. The second-order valence-corrected chi connectivity index (χ2v) is 3.66. The Balaban J connectivity index is 0.00000169. The summed E-state index contributed by atoms with van der Waals surface area (Å²) in [6.07, 6.45) is 0. The molecule has 0 radical (unpaired) electrons. The molecule has 0 saturated heterocycles. The summed E-state index contributed by atoms with van der Waals surface area (Å²) in [5, 5.41) is 0. The number of ether oxygens (including phenoxy) is 1.